The molecule has 0 heterocycles. The van der Waals surface area contributed by atoms with Crippen LogP contribution in [-0.2, 0) is 11.8 Å². The zero-order valence-electron chi connectivity index (χ0n) is 6.80. The number of hydrogen-bond acceptors (Lipinski definition) is 1. The first-order valence-electron chi connectivity index (χ1n) is 4.05. The Morgan fingerprint density at radius 3 is 2.82 bits per heavy atom. The SMILES string of the molecule is CC1(CN)Cc2ccccc21. The molecule has 0 bridgehead atoms. The summed E-state index contributed by atoms with van der Waals surface area (Å²) in [5.74, 6) is 0. The Bertz CT molecular complexity index is 280. The molecule has 1 heteroatoms. The van der Waals surface area contributed by atoms with Crippen molar-refractivity contribution < 1.29 is 0 Å². The molecule has 0 amide bonds. The lowest BCUT2D eigenvalue weighted by Crippen LogP contribution is -2.42. The summed E-state index contributed by atoms with van der Waals surface area (Å²) in [6.45, 7) is 3.00. The zero-order valence-corrected chi connectivity index (χ0v) is 6.80. The van der Waals surface area contributed by atoms with Crippen molar-refractivity contribution in [2.24, 2.45) is 5.73 Å². The quantitative estimate of drug-likeness (QED) is 0.639. The van der Waals surface area contributed by atoms with Crippen molar-refractivity contribution >= 4 is 0 Å². The van der Waals surface area contributed by atoms with E-state index in [0.717, 1.165) is 13.0 Å². The molecule has 0 saturated heterocycles. The third kappa shape index (κ3) is 0.809. The van der Waals surface area contributed by atoms with Gasteiger partial charge in [0.25, 0.3) is 0 Å². The molecule has 0 aliphatic heterocycles. The Hall–Kier alpha value is -0.820. The molecule has 0 saturated carbocycles. The highest BCUT2D eigenvalue weighted by atomic mass is 14.6. The molecule has 0 radical (unpaired) electrons. The second-order valence-electron chi connectivity index (χ2n) is 3.60. The van der Waals surface area contributed by atoms with E-state index in [0.29, 0.717) is 0 Å². The molecule has 2 N–H and O–H groups in total. The lowest BCUT2D eigenvalue weighted by atomic mass is 9.65. The minimum Gasteiger partial charge on any atom is -0.330 e. The number of fused-ring (bicyclic) bond motifs is 1. The van der Waals surface area contributed by atoms with Crippen LogP contribution < -0.4 is 5.73 Å². The summed E-state index contributed by atoms with van der Waals surface area (Å²) in [5, 5.41) is 0. The first-order chi connectivity index (χ1) is 5.26. The van der Waals surface area contributed by atoms with Gasteiger partial charge >= 0.3 is 0 Å². The Morgan fingerprint density at radius 1 is 1.45 bits per heavy atom. The highest BCUT2D eigenvalue weighted by Gasteiger charge is 2.36. The van der Waals surface area contributed by atoms with Crippen molar-refractivity contribution in [1.29, 1.82) is 0 Å². The molecule has 1 unspecified atom stereocenters. The molecule has 1 aliphatic rings. The highest BCUT2D eigenvalue weighted by molar-refractivity contribution is 5.44. The van der Waals surface area contributed by atoms with Crippen LogP contribution in [0.2, 0.25) is 0 Å². The molecule has 2 rings (SSSR count). The number of hydrogen-bond donors (Lipinski definition) is 1. The van der Waals surface area contributed by atoms with E-state index < -0.39 is 0 Å². The fraction of sp³-hybridized carbons (Fsp3) is 0.400. The Kier molecular flexibility index (Phi) is 1.30. The van der Waals surface area contributed by atoms with Crippen LogP contribution in [0.4, 0.5) is 0 Å². The summed E-state index contributed by atoms with van der Waals surface area (Å²) in [7, 11) is 0. The summed E-state index contributed by atoms with van der Waals surface area (Å²) >= 11 is 0. The molecule has 58 valence electrons. The molecule has 1 aliphatic carbocycles. The summed E-state index contributed by atoms with van der Waals surface area (Å²) in [6.07, 6.45) is 1.15. The maximum Gasteiger partial charge on any atom is 0.00904 e. The Balaban J connectivity index is 2.43. The van der Waals surface area contributed by atoms with Crippen molar-refractivity contribution in [3.05, 3.63) is 35.4 Å². The van der Waals surface area contributed by atoms with E-state index in [-0.39, 0.29) is 5.41 Å². The number of benzene rings is 1. The third-order valence-corrected chi connectivity index (χ3v) is 2.70. The first-order valence-corrected chi connectivity index (χ1v) is 4.05. The van der Waals surface area contributed by atoms with Crippen LogP contribution in [0, 0.1) is 0 Å². The topological polar surface area (TPSA) is 26.0 Å². The molecule has 0 aromatic heterocycles. The average Bonchev–Trinajstić information content (AvgIpc) is 2.02. The normalized spacial score (nSPS) is 27.5. The van der Waals surface area contributed by atoms with E-state index in [1.807, 2.05) is 0 Å². The fourth-order valence-corrected chi connectivity index (χ4v) is 1.85. The van der Waals surface area contributed by atoms with Crippen molar-refractivity contribution in [1.82, 2.24) is 0 Å². The van der Waals surface area contributed by atoms with Gasteiger partial charge in [-0.05, 0) is 17.5 Å². The lowest BCUT2D eigenvalue weighted by molar-refractivity contribution is 0.421. The average molecular weight is 147 g/mol. The number of rotatable bonds is 1. The summed E-state index contributed by atoms with van der Waals surface area (Å²) in [4.78, 5) is 0. The first kappa shape index (κ1) is 6.86. The van der Waals surface area contributed by atoms with E-state index >= 15 is 0 Å². The molecule has 0 fully saturated rings. The van der Waals surface area contributed by atoms with Gasteiger partial charge in [0, 0.05) is 12.0 Å². The molecule has 1 aromatic rings. The van der Waals surface area contributed by atoms with E-state index in [1.54, 1.807) is 0 Å². The fourth-order valence-electron chi connectivity index (χ4n) is 1.85. The standard InChI is InChI=1S/C10H13N/c1-10(7-11)6-8-4-2-3-5-9(8)10/h2-5H,6-7,11H2,1H3. The minimum absolute atomic E-state index is 0.274. The summed E-state index contributed by atoms with van der Waals surface area (Å²) in [6, 6.07) is 8.55. The summed E-state index contributed by atoms with van der Waals surface area (Å²) < 4.78 is 0. The van der Waals surface area contributed by atoms with Crippen LogP contribution in [0.1, 0.15) is 18.1 Å². The lowest BCUT2D eigenvalue weighted by Gasteiger charge is -2.40. The predicted octanol–water partition coefficient (Wildman–Crippen LogP) is 1.46. The molecule has 11 heavy (non-hydrogen) atoms. The van der Waals surface area contributed by atoms with Crippen LogP contribution in [-0.4, -0.2) is 6.54 Å². The van der Waals surface area contributed by atoms with Crippen LogP contribution in [0.5, 0.6) is 0 Å². The van der Waals surface area contributed by atoms with Gasteiger partial charge in [0.1, 0.15) is 0 Å². The molecule has 1 aromatic carbocycles. The van der Waals surface area contributed by atoms with Crippen LogP contribution >= 0.6 is 0 Å². The van der Waals surface area contributed by atoms with Gasteiger partial charge in [-0.2, -0.15) is 0 Å². The van der Waals surface area contributed by atoms with Crippen molar-refractivity contribution in [3.63, 3.8) is 0 Å². The van der Waals surface area contributed by atoms with Gasteiger partial charge in [0.15, 0.2) is 0 Å². The minimum atomic E-state index is 0.274. The van der Waals surface area contributed by atoms with Gasteiger partial charge in [0.05, 0.1) is 0 Å². The largest absolute Gasteiger partial charge is 0.330 e. The van der Waals surface area contributed by atoms with E-state index in [1.165, 1.54) is 11.1 Å². The molecular weight excluding hydrogens is 134 g/mol. The zero-order chi connectivity index (χ0) is 7.90. The van der Waals surface area contributed by atoms with Gasteiger partial charge in [-0.1, -0.05) is 31.2 Å². The van der Waals surface area contributed by atoms with Gasteiger partial charge in [0.2, 0.25) is 0 Å². The predicted molar refractivity (Wildman–Crippen MR) is 46.6 cm³/mol. The second-order valence-corrected chi connectivity index (χ2v) is 3.60. The van der Waals surface area contributed by atoms with Crippen molar-refractivity contribution in [2.45, 2.75) is 18.8 Å². The van der Waals surface area contributed by atoms with Crippen molar-refractivity contribution in [3.8, 4) is 0 Å². The van der Waals surface area contributed by atoms with Crippen molar-refractivity contribution in [2.75, 3.05) is 6.54 Å². The Labute approximate surface area is 67.2 Å². The second kappa shape index (κ2) is 2.08. The monoisotopic (exact) mass is 147 g/mol. The summed E-state index contributed by atoms with van der Waals surface area (Å²) in [5.41, 5.74) is 8.88. The van der Waals surface area contributed by atoms with Crippen LogP contribution in [0.3, 0.4) is 0 Å². The van der Waals surface area contributed by atoms with Crippen LogP contribution in [0.25, 0.3) is 0 Å². The highest BCUT2D eigenvalue weighted by Crippen LogP contribution is 2.39. The van der Waals surface area contributed by atoms with Gasteiger partial charge in [-0.3, -0.25) is 0 Å². The van der Waals surface area contributed by atoms with Crippen LogP contribution in [0.15, 0.2) is 24.3 Å². The van der Waals surface area contributed by atoms with Gasteiger partial charge in [-0.25, -0.2) is 0 Å². The van der Waals surface area contributed by atoms with E-state index in [9.17, 15) is 0 Å². The molecule has 0 spiro atoms. The van der Waals surface area contributed by atoms with Gasteiger partial charge < -0.3 is 5.73 Å². The smallest absolute Gasteiger partial charge is 0.00904 e. The number of nitrogens with two attached hydrogens (primary N) is 1. The maximum atomic E-state index is 5.68. The Morgan fingerprint density at radius 2 is 2.18 bits per heavy atom. The molecule has 1 nitrogen and oxygen atoms in total. The van der Waals surface area contributed by atoms with E-state index in [4.69, 9.17) is 5.73 Å². The maximum absolute atomic E-state index is 5.68. The van der Waals surface area contributed by atoms with E-state index in [2.05, 4.69) is 31.2 Å². The molecular formula is C10H13N. The molecule has 1 atom stereocenters. The third-order valence-electron chi connectivity index (χ3n) is 2.70. The van der Waals surface area contributed by atoms with Gasteiger partial charge in [-0.15, -0.1) is 0 Å².